The lowest BCUT2D eigenvalue weighted by molar-refractivity contribution is -0.129. The molecule has 0 radical (unpaired) electrons. The molecule has 1 aliphatic heterocycles. The number of nitrogens with zero attached hydrogens (tertiary/aromatic N) is 1. The van der Waals surface area contributed by atoms with Gasteiger partial charge in [0.15, 0.2) is 0 Å². The summed E-state index contributed by atoms with van der Waals surface area (Å²) < 4.78 is 0. The van der Waals surface area contributed by atoms with Crippen LogP contribution >= 0.6 is 11.6 Å². The maximum absolute atomic E-state index is 12.4. The van der Waals surface area contributed by atoms with Crippen LogP contribution < -0.4 is 0 Å². The van der Waals surface area contributed by atoms with E-state index in [9.17, 15) is 9.90 Å². The van der Waals surface area contributed by atoms with Crippen LogP contribution in [0.25, 0.3) is 0 Å². The Hall–Kier alpha value is -1.06. The average molecular weight is 294 g/mol. The van der Waals surface area contributed by atoms with Crippen molar-refractivity contribution in [2.24, 2.45) is 11.8 Å². The number of hydrogen-bond acceptors (Lipinski definition) is 2. The molecular formula is C16H20ClNO2. The number of aliphatic hydroxyl groups excluding tert-OH is 1. The molecule has 1 aliphatic carbocycles. The van der Waals surface area contributed by atoms with Crippen LogP contribution in [0.1, 0.15) is 24.8 Å². The Balaban J connectivity index is 1.64. The average Bonchev–Trinajstić information content (AvgIpc) is 2.84. The standard InChI is InChI=1S/C16H20ClNO2/c17-13-5-1-3-11(7-13)8-16(20)18-9-12-4-2-6-15(19)14(12)10-18/h1,3,5,7,12,14-15,19H,2,4,6,8-10H2/t12-,14+,15-/m1/s1. The predicted molar refractivity (Wildman–Crippen MR) is 78.6 cm³/mol. The molecule has 3 rings (SSSR count). The van der Waals surface area contributed by atoms with E-state index in [1.165, 1.54) is 0 Å². The van der Waals surface area contributed by atoms with Crippen molar-refractivity contribution in [3.63, 3.8) is 0 Å². The van der Waals surface area contributed by atoms with Crippen LogP contribution in [0.15, 0.2) is 24.3 Å². The molecule has 0 bridgehead atoms. The van der Waals surface area contributed by atoms with Gasteiger partial charge in [0.05, 0.1) is 12.5 Å². The van der Waals surface area contributed by atoms with Gasteiger partial charge in [-0.1, -0.05) is 30.2 Å². The van der Waals surface area contributed by atoms with E-state index in [1.807, 2.05) is 29.2 Å². The first-order valence-corrected chi connectivity index (χ1v) is 7.71. The molecule has 20 heavy (non-hydrogen) atoms. The summed E-state index contributed by atoms with van der Waals surface area (Å²) in [6.07, 6.45) is 3.28. The fourth-order valence-electron chi connectivity index (χ4n) is 3.58. The van der Waals surface area contributed by atoms with Gasteiger partial charge in [-0.3, -0.25) is 4.79 Å². The lowest BCUT2D eigenvalue weighted by Crippen LogP contribution is -2.32. The SMILES string of the molecule is O=C(Cc1cccc(Cl)c1)N1C[C@H]2CCC[C@@H](O)[C@H]2C1. The number of hydrogen-bond donors (Lipinski definition) is 1. The van der Waals surface area contributed by atoms with Crippen molar-refractivity contribution in [2.75, 3.05) is 13.1 Å². The van der Waals surface area contributed by atoms with Gasteiger partial charge in [-0.15, -0.1) is 0 Å². The number of amides is 1. The maximum Gasteiger partial charge on any atom is 0.227 e. The molecule has 0 unspecified atom stereocenters. The number of likely N-dealkylation sites (tertiary alicyclic amines) is 1. The van der Waals surface area contributed by atoms with Crippen LogP contribution in [0.5, 0.6) is 0 Å². The second kappa shape index (κ2) is 5.74. The first-order chi connectivity index (χ1) is 9.63. The minimum Gasteiger partial charge on any atom is -0.393 e. The summed E-state index contributed by atoms with van der Waals surface area (Å²) in [4.78, 5) is 14.3. The number of halogens is 1. The predicted octanol–water partition coefficient (Wildman–Crippen LogP) is 2.50. The summed E-state index contributed by atoms with van der Waals surface area (Å²) in [6.45, 7) is 1.52. The van der Waals surface area contributed by atoms with E-state index in [1.54, 1.807) is 0 Å². The summed E-state index contributed by atoms with van der Waals surface area (Å²) in [5.41, 5.74) is 0.956. The van der Waals surface area contributed by atoms with Gasteiger partial charge in [-0.25, -0.2) is 0 Å². The summed E-state index contributed by atoms with van der Waals surface area (Å²) in [5, 5.41) is 10.7. The molecule has 0 spiro atoms. The van der Waals surface area contributed by atoms with Gasteiger partial charge in [0, 0.05) is 24.0 Å². The van der Waals surface area contributed by atoms with Gasteiger partial charge < -0.3 is 10.0 Å². The van der Waals surface area contributed by atoms with Crippen molar-refractivity contribution < 1.29 is 9.90 Å². The lowest BCUT2D eigenvalue weighted by atomic mass is 9.80. The van der Waals surface area contributed by atoms with Crippen molar-refractivity contribution in [3.8, 4) is 0 Å². The fraction of sp³-hybridized carbons (Fsp3) is 0.562. The van der Waals surface area contributed by atoms with E-state index in [0.29, 0.717) is 23.9 Å². The van der Waals surface area contributed by atoms with Crippen molar-refractivity contribution in [2.45, 2.75) is 31.8 Å². The lowest BCUT2D eigenvalue weighted by Gasteiger charge is -2.28. The number of rotatable bonds is 2. The van der Waals surface area contributed by atoms with Crippen molar-refractivity contribution in [1.29, 1.82) is 0 Å². The zero-order valence-corrected chi connectivity index (χ0v) is 12.2. The quantitative estimate of drug-likeness (QED) is 0.910. The van der Waals surface area contributed by atoms with E-state index in [2.05, 4.69) is 0 Å². The van der Waals surface area contributed by atoms with Crippen LogP contribution in [-0.2, 0) is 11.2 Å². The molecule has 1 saturated carbocycles. The van der Waals surface area contributed by atoms with Crippen LogP contribution in [0.4, 0.5) is 0 Å². The highest BCUT2D eigenvalue weighted by Crippen LogP contribution is 2.36. The number of aliphatic hydroxyl groups is 1. The number of carbonyl (C=O) groups is 1. The minimum atomic E-state index is -0.224. The molecule has 1 N–H and O–H groups in total. The Kier molecular flexibility index (Phi) is 3.99. The number of carbonyl (C=O) groups excluding carboxylic acids is 1. The van der Waals surface area contributed by atoms with Gasteiger partial charge >= 0.3 is 0 Å². The largest absolute Gasteiger partial charge is 0.393 e. The van der Waals surface area contributed by atoms with Crippen molar-refractivity contribution in [3.05, 3.63) is 34.9 Å². The van der Waals surface area contributed by atoms with E-state index in [-0.39, 0.29) is 17.9 Å². The van der Waals surface area contributed by atoms with Gasteiger partial charge in [-0.05, 0) is 36.5 Å². The molecule has 0 aromatic heterocycles. The van der Waals surface area contributed by atoms with Crippen LogP contribution in [0.3, 0.4) is 0 Å². The van der Waals surface area contributed by atoms with Crippen molar-refractivity contribution in [1.82, 2.24) is 4.90 Å². The molecule has 108 valence electrons. The number of fused-ring (bicyclic) bond motifs is 1. The Morgan fingerprint density at radius 1 is 1.35 bits per heavy atom. The Labute approximate surface area is 124 Å². The van der Waals surface area contributed by atoms with Gasteiger partial charge in [0.25, 0.3) is 0 Å². The molecule has 1 aromatic carbocycles. The molecule has 1 aromatic rings. The van der Waals surface area contributed by atoms with E-state index < -0.39 is 0 Å². The second-order valence-corrected chi connectivity index (χ2v) is 6.46. The first kappa shape index (κ1) is 13.9. The van der Waals surface area contributed by atoms with E-state index in [4.69, 9.17) is 11.6 Å². The molecule has 2 fully saturated rings. The normalized spacial score (nSPS) is 29.3. The zero-order valence-electron chi connectivity index (χ0n) is 11.5. The Bertz CT molecular complexity index is 505. The molecule has 3 atom stereocenters. The highest BCUT2D eigenvalue weighted by atomic mass is 35.5. The van der Waals surface area contributed by atoms with Gasteiger partial charge in [0.1, 0.15) is 0 Å². The second-order valence-electron chi connectivity index (χ2n) is 6.03. The molecule has 4 heteroatoms. The van der Waals surface area contributed by atoms with E-state index >= 15 is 0 Å². The van der Waals surface area contributed by atoms with Crippen LogP contribution in [0, 0.1) is 11.8 Å². The Morgan fingerprint density at radius 2 is 2.20 bits per heavy atom. The maximum atomic E-state index is 12.4. The van der Waals surface area contributed by atoms with Gasteiger partial charge in [0.2, 0.25) is 5.91 Å². The first-order valence-electron chi connectivity index (χ1n) is 7.34. The smallest absolute Gasteiger partial charge is 0.227 e. The third-order valence-corrected chi connectivity index (χ3v) is 4.89. The summed E-state index contributed by atoms with van der Waals surface area (Å²) in [7, 11) is 0. The molecule has 2 aliphatic rings. The monoisotopic (exact) mass is 293 g/mol. The molecule has 1 heterocycles. The highest BCUT2D eigenvalue weighted by molar-refractivity contribution is 6.30. The summed E-state index contributed by atoms with van der Waals surface area (Å²) >= 11 is 5.95. The summed E-state index contributed by atoms with van der Waals surface area (Å²) in [6, 6.07) is 7.47. The topological polar surface area (TPSA) is 40.5 Å². The van der Waals surface area contributed by atoms with E-state index in [0.717, 1.165) is 31.4 Å². The summed E-state index contributed by atoms with van der Waals surface area (Å²) in [5.74, 6) is 0.919. The molecule has 1 amide bonds. The minimum absolute atomic E-state index is 0.147. The van der Waals surface area contributed by atoms with Gasteiger partial charge in [-0.2, -0.15) is 0 Å². The third-order valence-electron chi connectivity index (χ3n) is 4.66. The molecule has 3 nitrogen and oxygen atoms in total. The zero-order chi connectivity index (χ0) is 14.1. The fourth-order valence-corrected chi connectivity index (χ4v) is 3.79. The molecule has 1 saturated heterocycles. The molecular weight excluding hydrogens is 274 g/mol. The van der Waals surface area contributed by atoms with Crippen LogP contribution in [0.2, 0.25) is 5.02 Å². The van der Waals surface area contributed by atoms with Crippen molar-refractivity contribution >= 4 is 17.5 Å². The Morgan fingerprint density at radius 3 is 2.95 bits per heavy atom. The third kappa shape index (κ3) is 2.84. The number of benzene rings is 1. The van der Waals surface area contributed by atoms with Crippen LogP contribution in [-0.4, -0.2) is 35.1 Å². The highest BCUT2D eigenvalue weighted by Gasteiger charge is 2.40.